The van der Waals surface area contributed by atoms with Crippen molar-refractivity contribution < 1.29 is 13.6 Å². The van der Waals surface area contributed by atoms with Crippen molar-refractivity contribution in [1.82, 2.24) is 25.3 Å². The highest BCUT2D eigenvalue weighted by Gasteiger charge is 2.55. The summed E-state index contributed by atoms with van der Waals surface area (Å²) in [5, 5.41) is 2.93. The maximum absolute atomic E-state index is 14.3. The third-order valence-corrected chi connectivity index (χ3v) is 5.91. The average molecular weight is 420 g/mol. The van der Waals surface area contributed by atoms with Crippen molar-refractivity contribution in [2.75, 3.05) is 24.5 Å². The molecule has 0 radical (unpaired) electrons. The van der Waals surface area contributed by atoms with Crippen molar-refractivity contribution in [3.63, 3.8) is 0 Å². The first-order chi connectivity index (χ1) is 15.2. The van der Waals surface area contributed by atoms with E-state index in [2.05, 4.69) is 25.3 Å². The molecule has 8 nitrogen and oxygen atoms in total. The zero-order chi connectivity index (χ0) is 21.2. The number of nitrogens with one attached hydrogen (secondary N) is 1. The van der Waals surface area contributed by atoms with Crippen LogP contribution >= 0.6 is 0 Å². The molecule has 0 unspecified atom stereocenters. The van der Waals surface area contributed by atoms with Gasteiger partial charge in [-0.15, -0.1) is 0 Å². The van der Waals surface area contributed by atoms with Crippen LogP contribution in [0.15, 0.2) is 53.7 Å². The summed E-state index contributed by atoms with van der Waals surface area (Å²) < 4.78 is 19.5. The number of amides is 1. The molecule has 3 aromatic rings. The molecule has 1 saturated carbocycles. The van der Waals surface area contributed by atoms with E-state index in [9.17, 15) is 9.18 Å². The van der Waals surface area contributed by atoms with Crippen LogP contribution in [0.25, 0.3) is 17.8 Å². The van der Waals surface area contributed by atoms with E-state index in [0.717, 1.165) is 31.3 Å². The van der Waals surface area contributed by atoms with Gasteiger partial charge in [-0.1, -0.05) is 6.07 Å². The first-order valence-corrected chi connectivity index (χ1v) is 10.2. The molecule has 0 bridgehead atoms. The summed E-state index contributed by atoms with van der Waals surface area (Å²) in [6, 6.07) is 3.72. The Kier molecular flexibility index (Phi) is 5.15. The number of fused-ring (bicyclic) bond motifs is 1. The van der Waals surface area contributed by atoms with Crippen molar-refractivity contribution >= 4 is 17.8 Å². The summed E-state index contributed by atoms with van der Waals surface area (Å²) in [4.78, 5) is 30.3. The summed E-state index contributed by atoms with van der Waals surface area (Å²) in [6.07, 6.45) is 11.7. The standard InChI is InChI=1S/C22H21FN6O2/c23-18-11-27-20(22-26-8-9-31-22)28-21(18)29-12-16-15(17(16)13-29)5-7-25-19(30)4-3-14-2-1-6-24-10-14/h1-4,6,8-11,15-17H,5,7,12-13H2,(H,25,30)/b4-3+/t15-,16+,17-. The van der Waals surface area contributed by atoms with Crippen molar-refractivity contribution in [2.45, 2.75) is 6.42 Å². The predicted octanol–water partition coefficient (Wildman–Crippen LogP) is 2.57. The van der Waals surface area contributed by atoms with Crippen LogP contribution in [0.4, 0.5) is 10.2 Å². The lowest BCUT2D eigenvalue weighted by atomic mass is 10.2. The van der Waals surface area contributed by atoms with Crippen LogP contribution in [-0.4, -0.2) is 45.5 Å². The van der Waals surface area contributed by atoms with Crippen LogP contribution in [0, 0.1) is 23.6 Å². The molecule has 158 valence electrons. The zero-order valence-corrected chi connectivity index (χ0v) is 16.7. The highest BCUT2D eigenvalue weighted by molar-refractivity contribution is 5.91. The van der Waals surface area contributed by atoms with Gasteiger partial charge < -0.3 is 14.6 Å². The number of nitrogens with zero attached hydrogens (tertiary/aromatic N) is 5. The number of carbonyl (C=O) groups excluding carboxylic acids is 1. The molecule has 0 aromatic carbocycles. The van der Waals surface area contributed by atoms with Gasteiger partial charge in [0.05, 0.1) is 12.4 Å². The highest BCUT2D eigenvalue weighted by atomic mass is 19.1. The van der Waals surface area contributed by atoms with Crippen LogP contribution in [0.1, 0.15) is 12.0 Å². The number of anilines is 1. The van der Waals surface area contributed by atoms with E-state index in [1.165, 1.54) is 18.5 Å². The molecule has 1 aliphatic carbocycles. The zero-order valence-electron chi connectivity index (χ0n) is 16.7. The molecule has 2 aliphatic rings. The summed E-state index contributed by atoms with van der Waals surface area (Å²) in [5.74, 6) is 1.85. The van der Waals surface area contributed by atoms with Crippen LogP contribution in [0.2, 0.25) is 0 Å². The van der Waals surface area contributed by atoms with E-state index in [0.29, 0.717) is 30.1 Å². The van der Waals surface area contributed by atoms with E-state index in [4.69, 9.17) is 4.42 Å². The molecule has 3 aromatic heterocycles. The Hall–Kier alpha value is -3.62. The number of halogens is 1. The van der Waals surface area contributed by atoms with Crippen molar-refractivity contribution in [2.24, 2.45) is 17.8 Å². The van der Waals surface area contributed by atoms with Gasteiger partial charge in [0, 0.05) is 38.1 Å². The molecule has 9 heteroatoms. The van der Waals surface area contributed by atoms with Crippen molar-refractivity contribution in [1.29, 1.82) is 0 Å². The van der Waals surface area contributed by atoms with Gasteiger partial charge in [-0.25, -0.2) is 19.3 Å². The summed E-state index contributed by atoms with van der Waals surface area (Å²) in [6.45, 7) is 2.14. The second kappa shape index (κ2) is 8.25. The molecule has 2 fully saturated rings. The second-order valence-corrected chi connectivity index (χ2v) is 7.80. The van der Waals surface area contributed by atoms with Gasteiger partial charge in [0.2, 0.25) is 11.7 Å². The van der Waals surface area contributed by atoms with Gasteiger partial charge in [0.25, 0.3) is 5.89 Å². The van der Waals surface area contributed by atoms with Crippen molar-refractivity contribution in [3.8, 4) is 11.7 Å². The number of carbonyl (C=O) groups is 1. The lowest BCUT2D eigenvalue weighted by molar-refractivity contribution is -0.116. The highest BCUT2D eigenvalue weighted by Crippen LogP contribution is 2.54. The minimum absolute atomic E-state index is 0.113. The lowest BCUT2D eigenvalue weighted by Crippen LogP contribution is -2.28. The maximum Gasteiger partial charge on any atom is 0.264 e. The Labute approximate surface area is 178 Å². The molecule has 5 rings (SSSR count). The number of piperidine rings is 1. The summed E-state index contributed by atoms with van der Waals surface area (Å²) >= 11 is 0. The van der Waals surface area contributed by atoms with Gasteiger partial charge in [0.15, 0.2) is 11.6 Å². The number of oxazole rings is 1. The largest absolute Gasteiger partial charge is 0.442 e. The summed E-state index contributed by atoms with van der Waals surface area (Å²) in [5.41, 5.74) is 0.886. The van der Waals surface area contributed by atoms with Crippen molar-refractivity contribution in [3.05, 3.63) is 60.6 Å². The van der Waals surface area contributed by atoms with Crippen LogP contribution in [0.5, 0.6) is 0 Å². The second-order valence-electron chi connectivity index (χ2n) is 7.80. The fourth-order valence-electron chi connectivity index (χ4n) is 4.33. The first kappa shape index (κ1) is 19.3. The lowest BCUT2D eigenvalue weighted by Gasteiger charge is -2.21. The van der Waals surface area contributed by atoms with Gasteiger partial charge in [-0.05, 0) is 41.9 Å². The van der Waals surface area contributed by atoms with Gasteiger partial charge in [-0.2, -0.15) is 0 Å². The predicted molar refractivity (Wildman–Crippen MR) is 111 cm³/mol. The minimum atomic E-state index is -0.444. The molecule has 1 N–H and O–H groups in total. The smallest absolute Gasteiger partial charge is 0.264 e. The maximum atomic E-state index is 14.3. The van der Waals surface area contributed by atoms with E-state index < -0.39 is 5.82 Å². The molecular formula is C22H21FN6O2. The number of aromatic nitrogens is 4. The Morgan fingerprint density at radius 1 is 1.26 bits per heavy atom. The fraction of sp³-hybridized carbons (Fsp3) is 0.318. The van der Waals surface area contributed by atoms with Gasteiger partial charge in [-0.3, -0.25) is 9.78 Å². The number of hydrogen-bond donors (Lipinski definition) is 1. The Morgan fingerprint density at radius 2 is 2.13 bits per heavy atom. The SMILES string of the molecule is O=C(/C=C/c1cccnc1)NCC[C@H]1[C@H]2CN(c3nc(-c4ncco4)ncc3F)C[C@@H]12. The van der Waals surface area contributed by atoms with E-state index in [1.807, 2.05) is 17.0 Å². The topological polar surface area (TPSA) is 97.0 Å². The molecule has 4 heterocycles. The minimum Gasteiger partial charge on any atom is -0.442 e. The molecule has 1 amide bonds. The van der Waals surface area contributed by atoms with Crippen LogP contribution in [0.3, 0.4) is 0 Å². The third-order valence-electron chi connectivity index (χ3n) is 5.91. The molecular weight excluding hydrogens is 399 g/mol. The van der Waals surface area contributed by atoms with E-state index >= 15 is 0 Å². The Bertz CT molecular complexity index is 1080. The van der Waals surface area contributed by atoms with Gasteiger partial charge >= 0.3 is 0 Å². The third kappa shape index (κ3) is 4.16. The number of hydrogen-bond acceptors (Lipinski definition) is 7. The molecule has 3 atom stereocenters. The van der Waals surface area contributed by atoms with Crippen LogP contribution < -0.4 is 10.2 Å². The molecule has 1 saturated heterocycles. The average Bonchev–Trinajstić information content (AvgIpc) is 3.20. The fourth-order valence-corrected chi connectivity index (χ4v) is 4.33. The number of rotatable bonds is 7. The number of pyridine rings is 1. The Balaban J connectivity index is 1.10. The quantitative estimate of drug-likeness (QED) is 0.587. The molecule has 0 spiro atoms. The molecule has 1 aliphatic heterocycles. The normalized spacial score (nSPS) is 22.0. The van der Waals surface area contributed by atoms with E-state index in [1.54, 1.807) is 18.5 Å². The van der Waals surface area contributed by atoms with Gasteiger partial charge in [0.1, 0.15) is 6.26 Å². The Morgan fingerprint density at radius 3 is 2.87 bits per heavy atom. The summed E-state index contributed by atoms with van der Waals surface area (Å²) in [7, 11) is 0. The van der Waals surface area contributed by atoms with Crippen LogP contribution in [-0.2, 0) is 4.79 Å². The monoisotopic (exact) mass is 420 g/mol. The molecule has 31 heavy (non-hydrogen) atoms. The van der Waals surface area contributed by atoms with E-state index in [-0.39, 0.29) is 17.6 Å². The first-order valence-electron chi connectivity index (χ1n) is 10.2.